The average molecular weight is 517 g/mol. The van der Waals surface area contributed by atoms with Gasteiger partial charge in [0.05, 0.1) is 12.8 Å². The lowest BCUT2D eigenvalue weighted by Crippen LogP contribution is -2.45. The summed E-state index contributed by atoms with van der Waals surface area (Å²) in [4.78, 5) is 11.6. The van der Waals surface area contributed by atoms with E-state index in [1.165, 1.54) is 5.56 Å². The molecule has 1 atom stereocenters. The first-order chi connectivity index (χ1) is 14.4. The molecule has 1 saturated heterocycles. The van der Waals surface area contributed by atoms with Crippen LogP contribution < -0.4 is 15.5 Å². The zero-order valence-corrected chi connectivity index (χ0v) is 19.2. The molecule has 1 aliphatic rings. The third kappa shape index (κ3) is 6.48. The van der Waals surface area contributed by atoms with E-state index in [9.17, 15) is 0 Å². The number of nitrogens with one attached hydrogen (secondary N) is 2. The quantitative estimate of drug-likeness (QED) is 0.283. The fraction of sp³-hybridized carbons (Fsp3) is 0.304. The number of anilines is 1. The fourth-order valence-corrected chi connectivity index (χ4v) is 3.49. The van der Waals surface area contributed by atoms with Crippen molar-refractivity contribution in [1.82, 2.24) is 15.6 Å². The summed E-state index contributed by atoms with van der Waals surface area (Å²) in [5.74, 6) is 2.85. The summed E-state index contributed by atoms with van der Waals surface area (Å²) in [7, 11) is 0. The predicted octanol–water partition coefficient (Wildman–Crippen LogP) is 3.85. The molecule has 7 heteroatoms. The van der Waals surface area contributed by atoms with E-state index < -0.39 is 0 Å². The van der Waals surface area contributed by atoms with Crippen molar-refractivity contribution in [2.45, 2.75) is 25.4 Å². The van der Waals surface area contributed by atoms with Gasteiger partial charge in [-0.25, -0.2) is 9.98 Å². The molecule has 1 aromatic carbocycles. The minimum absolute atomic E-state index is 0. The van der Waals surface area contributed by atoms with Crippen LogP contribution in [-0.4, -0.2) is 36.6 Å². The number of guanidine groups is 1. The maximum Gasteiger partial charge on any atom is 0.191 e. The summed E-state index contributed by atoms with van der Waals surface area (Å²) in [6, 6.07) is 20.6. The van der Waals surface area contributed by atoms with Gasteiger partial charge in [0, 0.05) is 38.3 Å². The molecule has 0 radical (unpaired) electrons. The van der Waals surface area contributed by atoms with Crippen molar-refractivity contribution in [1.29, 1.82) is 0 Å². The number of hydrogen-bond donors (Lipinski definition) is 2. The topological polar surface area (TPSA) is 65.7 Å². The molecule has 0 spiro atoms. The van der Waals surface area contributed by atoms with Crippen molar-refractivity contribution in [3.05, 3.63) is 84.4 Å². The van der Waals surface area contributed by atoms with E-state index >= 15 is 0 Å². The second-order valence-corrected chi connectivity index (χ2v) is 7.17. The van der Waals surface area contributed by atoms with Crippen LogP contribution in [0.4, 0.5) is 5.82 Å². The Labute approximate surface area is 194 Å². The van der Waals surface area contributed by atoms with Crippen LogP contribution in [0.5, 0.6) is 0 Å². The van der Waals surface area contributed by atoms with Crippen LogP contribution in [0.25, 0.3) is 0 Å². The van der Waals surface area contributed by atoms with E-state index in [0.29, 0.717) is 12.6 Å². The summed E-state index contributed by atoms with van der Waals surface area (Å²) < 4.78 is 5.43. The molecule has 0 saturated carbocycles. The predicted molar refractivity (Wildman–Crippen MR) is 131 cm³/mol. The molecule has 0 aliphatic carbocycles. The molecule has 158 valence electrons. The Hall–Kier alpha value is -2.55. The summed E-state index contributed by atoms with van der Waals surface area (Å²) in [5.41, 5.74) is 1.20. The molecular weight excluding hydrogens is 489 g/mol. The number of aliphatic imine (C=N–C) groups is 1. The molecule has 0 bridgehead atoms. The normalized spacial score (nSPS) is 16.2. The maximum atomic E-state index is 5.43. The van der Waals surface area contributed by atoms with E-state index in [2.05, 4.69) is 38.7 Å². The maximum absolute atomic E-state index is 5.43. The standard InChI is InChI=1S/C23H27N5O.HI/c1-2-7-19(8-3-1)17-26-23(25-14-11-21-9-6-16-29-21)27-20-12-15-28(18-20)22-10-4-5-13-24-22;/h1-10,13,16,20H,11-12,14-15,17-18H2,(H2,25,26,27);1H. The molecule has 1 aliphatic heterocycles. The van der Waals surface area contributed by atoms with Crippen molar-refractivity contribution in [3.63, 3.8) is 0 Å². The minimum Gasteiger partial charge on any atom is -0.469 e. The van der Waals surface area contributed by atoms with Crippen LogP contribution in [0.3, 0.4) is 0 Å². The highest BCUT2D eigenvalue weighted by Crippen LogP contribution is 2.17. The lowest BCUT2D eigenvalue weighted by atomic mass is 10.2. The zero-order chi connectivity index (χ0) is 19.7. The van der Waals surface area contributed by atoms with Gasteiger partial charge < -0.3 is 20.0 Å². The number of pyridine rings is 1. The van der Waals surface area contributed by atoms with E-state index in [0.717, 1.165) is 50.0 Å². The van der Waals surface area contributed by atoms with Crippen LogP contribution >= 0.6 is 24.0 Å². The lowest BCUT2D eigenvalue weighted by Gasteiger charge is -2.20. The molecule has 6 nitrogen and oxygen atoms in total. The van der Waals surface area contributed by atoms with Gasteiger partial charge in [0.1, 0.15) is 11.6 Å². The largest absolute Gasteiger partial charge is 0.469 e. The van der Waals surface area contributed by atoms with Crippen molar-refractivity contribution < 1.29 is 4.42 Å². The molecule has 3 aromatic rings. The number of furan rings is 1. The van der Waals surface area contributed by atoms with Gasteiger partial charge in [-0.1, -0.05) is 36.4 Å². The van der Waals surface area contributed by atoms with Crippen LogP contribution in [0.2, 0.25) is 0 Å². The first-order valence-electron chi connectivity index (χ1n) is 10.1. The van der Waals surface area contributed by atoms with Crippen LogP contribution in [0, 0.1) is 0 Å². The first-order valence-corrected chi connectivity index (χ1v) is 10.1. The third-order valence-electron chi connectivity index (χ3n) is 5.01. The van der Waals surface area contributed by atoms with Crippen molar-refractivity contribution in [3.8, 4) is 0 Å². The van der Waals surface area contributed by atoms with E-state index in [1.807, 2.05) is 48.7 Å². The Morgan fingerprint density at radius 3 is 2.73 bits per heavy atom. The molecular formula is C23H28IN5O. The SMILES string of the molecule is I.c1ccc(CN=C(NCCc2ccco2)NC2CCN(c3ccccn3)C2)cc1. The van der Waals surface area contributed by atoms with Crippen molar-refractivity contribution in [2.75, 3.05) is 24.5 Å². The van der Waals surface area contributed by atoms with Gasteiger partial charge in [0.25, 0.3) is 0 Å². The number of nitrogens with zero attached hydrogens (tertiary/aromatic N) is 3. The van der Waals surface area contributed by atoms with Crippen LogP contribution in [0.1, 0.15) is 17.7 Å². The Morgan fingerprint density at radius 2 is 1.97 bits per heavy atom. The van der Waals surface area contributed by atoms with Crippen LogP contribution in [0.15, 0.2) is 82.5 Å². The fourth-order valence-electron chi connectivity index (χ4n) is 3.49. The number of aromatic nitrogens is 1. The third-order valence-corrected chi connectivity index (χ3v) is 5.01. The van der Waals surface area contributed by atoms with E-state index in [1.54, 1.807) is 6.26 Å². The highest BCUT2D eigenvalue weighted by molar-refractivity contribution is 14.0. The Balaban J connectivity index is 0.00000256. The molecule has 3 heterocycles. The van der Waals surface area contributed by atoms with E-state index in [4.69, 9.17) is 9.41 Å². The van der Waals surface area contributed by atoms with Gasteiger partial charge in [-0.3, -0.25) is 0 Å². The van der Waals surface area contributed by atoms with Gasteiger partial charge in [-0.05, 0) is 36.2 Å². The number of halogens is 1. The molecule has 1 fully saturated rings. The Morgan fingerprint density at radius 1 is 1.10 bits per heavy atom. The van der Waals surface area contributed by atoms with Gasteiger partial charge >= 0.3 is 0 Å². The van der Waals surface area contributed by atoms with Gasteiger partial charge in [0.2, 0.25) is 0 Å². The van der Waals surface area contributed by atoms with Crippen LogP contribution in [-0.2, 0) is 13.0 Å². The number of benzene rings is 1. The molecule has 0 amide bonds. The zero-order valence-electron chi connectivity index (χ0n) is 16.9. The van der Waals surface area contributed by atoms with Crippen molar-refractivity contribution in [2.24, 2.45) is 4.99 Å². The first kappa shape index (κ1) is 22.1. The van der Waals surface area contributed by atoms with Crippen molar-refractivity contribution >= 4 is 35.8 Å². The second-order valence-electron chi connectivity index (χ2n) is 7.17. The summed E-state index contributed by atoms with van der Waals surface area (Å²) in [6.07, 6.45) is 5.44. The monoisotopic (exact) mass is 517 g/mol. The highest BCUT2D eigenvalue weighted by atomic mass is 127. The van der Waals surface area contributed by atoms with Gasteiger partial charge in [-0.2, -0.15) is 0 Å². The molecule has 30 heavy (non-hydrogen) atoms. The molecule has 2 N–H and O–H groups in total. The summed E-state index contributed by atoms with van der Waals surface area (Å²) in [5, 5.41) is 7.06. The lowest BCUT2D eigenvalue weighted by molar-refractivity contribution is 0.506. The minimum atomic E-state index is 0. The Bertz CT molecular complexity index is 886. The van der Waals surface area contributed by atoms with E-state index in [-0.39, 0.29) is 24.0 Å². The smallest absolute Gasteiger partial charge is 0.191 e. The summed E-state index contributed by atoms with van der Waals surface area (Å²) in [6.45, 7) is 3.33. The second kappa shape index (κ2) is 11.6. The number of rotatable bonds is 7. The van der Waals surface area contributed by atoms with Gasteiger partial charge in [0.15, 0.2) is 5.96 Å². The Kier molecular flexibility index (Phi) is 8.55. The molecule has 2 aromatic heterocycles. The average Bonchev–Trinajstić information content (AvgIpc) is 3.46. The van der Waals surface area contributed by atoms with Gasteiger partial charge in [-0.15, -0.1) is 24.0 Å². The molecule has 4 rings (SSSR count). The molecule has 1 unspecified atom stereocenters. The number of hydrogen-bond acceptors (Lipinski definition) is 4. The summed E-state index contributed by atoms with van der Waals surface area (Å²) >= 11 is 0. The highest BCUT2D eigenvalue weighted by Gasteiger charge is 2.24.